The largest absolute Gasteiger partial charge is 0.465 e. The van der Waals surface area contributed by atoms with E-state index in [2.05, 4.69) is 0 Å². The van der Waals surface area contributed by atoms with E-state index >= 15 is 0 Å². The Morgan fingerprint density at radius 2 is 1.86 bits per heavy atom. The molecule has 2 rings (SSSR count). The zero-order chi connectivity index (χ0) is 15.6. The molecule has 1 heterocycles. The van der Waals surface area contributed by atoms with E-state index in [9.17, 15) is 13.2 Å². The number of nitrogens with zero attached hydrogens (tertiary/aromatic N) is 2. The molecule has 2 unspecified atom stereocenters. The van der Waals surface area contributed by atoms with Gasteiger partial charge in [0.25, 0.3) is 10.2 Å². The van der Waals surface area contributed by atoms with Crippen LogP contribution in [-0.2, 0) is 24.5 Å². The van der Waals surface area contributed by atoms with Crippen molar-refractivity contribution in [2.45, 2.75) is 51.9 Å². The lowest BCUT2D eigenvalue weighted by Crippen LogP contribution is -2.54. The predicted molar refractivity (Wildman–Crippen MR) is 76.9 cm³/mol. The molecule has 21 heavy (non-hydrogen) atoms. The van der Waals surface area contributed by atoms with Crippen molar-refractivity contribution >= 4 is 16.2 Å². The molecule has 0 aromatic carbocycles. The van der Waals surface area contributed by atoms with Crippen molar-refractivity contribution < 1.29 is 22.7 Å². The van der Waals surface area contributed by atoms with Gasteiger partial charge < -0.3 is 9.47 Å². The van der Waals surface area contributed by atoms with Crippen LogP contribution in [0.4, 0.5) is 0 Å². The second-order valence-electron chi connectivity index (χ2n) is 5.66. The van der Waals surface area contributed by atoms with Gasteiger partial charge in [0.2, 0.25) is 0 Å². The van der Waals surface area contributed by atoms with E-state index in [-0.39, 0.29) is 31.4 Å². The molecule has 1 saturated heterocycles. The molecule has 0 aromatic heterocycles. The number of carbonyl (C=O) groups is 1. The fourth-order valence-corrected chi connectivity index (χ4v) is 4.51. The highest BCUT2D eigenvalue weighted by Gasteiger charge is 2.43. The van der Waals surface area contributed by atoms with E-state index in [0.717, 1.165) is 12.8 Å². The fraction of sp³-hybridized carbons (Fsp3) is 0.923. The third kappa shape index (κ3) is 4.15. The summed E-state index contributed by atoms with van der Waals surface area (Å²) < 4.78 is 38.7. The maximum absolute atomic E-state index is 12.8. The maximum Gasteiger partial charge on any atom is 0.321 e. The minimum Gasteiger partial charge on any atom is -0.465 e. The summed E-state index contributed by atoms with van der Waals surface area (Å²) in [4.78, 5) is 11.7. The molecule has 0 N–H and O–H groups in total. The Kier molecular flexibility index (Phi) is 5.24. The predicted octanol–water partition coefficient (Wildman–Crippen LogP) is 0.368. The SMILES string of the molecule is CCOC(=O)CN(C1CC1)S(=O)(=O)N1CC(C)OC(C)C1. The van der Waals surface area contributed by atoms with E-state index in [0.29, 0.717) is 13.1 Å². The van der Waals surface area contributed by atoms with E-state index in [1.165, 1.54) is 8.61 Å². The Balaban J connectivity index is 2.12. The van der Waals surface area contributed by atoms with Crippen LogP contribution in [0.2, 0.25) is 0 Å². The second-order valence-corrected chi connectivity index (χ2v) is 7.54. The zero-order valence-electron chi connectivity index (χ0n) is 12.8. The van der Waals surface area contributed by atoms with Crippen molar-refractivity contribution in [1.82, 2.24) is 8.61 Å². The molecular formula is C13H24N2O5S. The highest BCUT2D eigenvalue weighted by atomic mass is 32.2. The number of hydrogen-bond donors (Lipinski definition) is 0. The smallest absolute Gasteiger partial charge is 0.321 e. The van der Waals surface area contributed by atoms with Crippen LogP contribution in [0.25, 0.3) is 0 Å². The van der Waals surface area contributed by atoms with Crippen LogP contribution in [0, 0.1) is 0 Å². The Bertz CT molecular complexity index is 467. The molecule has 1 saturated carbocycles. The molecule has 0 spiro atoms. The first-order valence-electron chi connectivity index (χ1n) is 7.42. The van der Waals surface area contributed by atoms with Gasteiger partial charge in [0, 0.05) is 19.1 Å². The Morgan fingerprint density at radius 1 is 1.29 bits per heavy atom. The Hall–Kier alpha value is -0.700. The van der Waals surface area contributed by atoms with Crippen LogP contribution >= 0.6 is 0 Å². The highest BCUT2D eigenvalue weighted by Crippen LogP contribution is 2.31. The molecule has 0 bridgehead atoms. The average molecular weight is 320 g/mol. The van der Waals surface area contributed by atoms with Crippen LogP contribution in [0.15, 0.2) is 0 Å². The normalized spacial score (nSPS) is 27.8. The summed E-state index contributed by atoms with van der Waals surface area (Å²) in [7, 11) is -3.65. The second kappa shape index (κ2) is 6.60. The molecule has 122 valence electrons. The fourth-order valence-electron chi connectivity index (χ4n) is 2.56. The van der Waals surface area contributed by atoms with Gasteiger partial charge in [-0.15, -0.1) is 0 Å². The monoisotopic (exact) mass is 320 g/mol. The van der Waals surface area contributed by atoms with Gasteiger partial charge in [-0.05, 0) is 33.6 Å². The molecule has 0 aromatic rings. The first kappa shape index (κ1) is 16.7. The minimum atomic E-state index is -3.65. The molecule has 2 atom stereocenters. The van der Waals surface area contributed by atoms with E-state index in [4.69, 9.17) is 9.47 Å². The summed E-state index contributed by atoms with van der Waals surface area (Å²) in [6.45, 7) is 6.09. The minimum absolute atomic E-state index is 0.0761. The van der Waals surface area contributed by atoms with Gasteiger partial charge in [-0.3, -0.25) is 4.79 Å². The third-order valence-electron chi connectivity index (χ3n) is 3.55. The first-order valence-corrected chi connectivity index (χ1v) is 8.82. The number of hydrogen-bond acceptors (Lipinski definition) is 5. The lowest BCUT2D eigenvalue weighted by molar-refractivity contribution is -0.143. The standard InChI is InChI=1S/C13H24N2O5S/c1-4-19-13(16)9-15(12-5-6-12)21(17,18)14-7-10(2)20-11(3)8-14/h10-12H,4-9H2,1-3H3. The van der Waals surface area contributed by atoms with Crippen molar-refractivity contribution in [3.8, 4) is 0 Å². The van der Waals surface area contributed by atoms with Crippen molar-refractivity contribution in [1.29, 1.82) is 0 Å². The van der Waals surface area contributed by atoms with Crippen molar-refractivity contribution in [2.75, 3.05) is 26.2 Å². The zero-order valence-corrected chi connectivity index (χ0v) is 13.6. The van der Waals surface area contributed by atoms with Crippen LogP contribution in [0.3, 0.4) is 0 Å². The molecule has 2 aliphatic rings. The molecule has 1 aliphatic heterocycles. The van der Waals surface area contributed by atoms with Gasteiger partial charge in [0.05, 0.1) is 18.8 Å². The maximum atomic E-state index is 12.8. The Labute approximate surface area is 126 Å². The number of esters is 1. The summed E-state index contributed by atoms with van der Waals surface area (Å²) in [5.41, 5.74) is 0. The van der Waals surface area contributed by atoms with E-state index in [1.807, 2.05) is 13.8 Å². The summed E-state index contributed by atoms with van der Waals surface area (Å²) in [5.74, 6) is -0.498. The van der Waals surface area contributed by atoms with Crippen LogP contribution in [0.1, 0.15) is 33.6 Å². The summed E-state index contributed by atoms with van der Waals surface area (Å²) in [6, 6.07) is -0.0761. The van der Waals surface area contributed by atoms with E-state index < -0.39 is 16.2 Å². The first-order chi connectivity index (χ1) is 9.84. The lowest BCUT2D eigenvalue weighted by atomic mass is 10.3. The average Bonchev–Trinajstić information content (AvgIpc) is 3.19. The summed E-state index contributed by atoms with van der Waals surface area (Å²) in [6.07, 6.45) is 1.31. The Morgan fingerprint density at radius 3 is 2.33 bits per heavy atom. The van der Waals surface area contributed by atoms with Gasteiger partial charge in [-0.25, -0.2) is 0 Å². The van der Waals surface area contributed by atoms with Crippen LogP contribution in [-0.4, -0.2) is 67.5 Å². The van der Waals surface area contributed by atoms with Crippen molar-refractivity contribution in [3.05, 3.63) is 0 Å². The molecule has 8 heteroatoms. The highest BCUT2D eigenvalue weighted by molar-refractivity contribution is 7.86. The van der Waals surface area contributed by atoms with Gasteiger partial charge in [0.1, 0.15) is 6.54 Å². The van der Waals surface area contributed by atoms with Crippen molar-refractivity contribution in [3.63, 3.8) is 0 Å². The summed E-state index contributed by atoms with van der Waals surface area (Å²) >= 11 is 0. The van der Waals surface area contributed by atoms with Gasteiger partial charge in [-0.2, -0.15) is 17.0 Å². The lowest BCUT2D eigenvalue weighted by Gasteiger charge is -2.37. The topological polar surface area (TPSA) is 76.2 Å². The van der Waals surface area contributed by atoms with Gasteiger partial charge in [-0.1, -0.05) is 0 Å². The molecule has 1 aliphatic carbocycles. The van der Waals surface area contributed by atoms with Crippen molar-refractivity contribution in [2.24, 2.45) is 0 Å². The van der Waals surface area contributed by atoms with Crippen LogP contribution < -0.4 is 0 Å². The number of morpholine rings is 1. The third-order valence-corrected chi connectivity index (χ3v) is 5.52. The van der Waals surface area contributed by atoms with Gasteiger partial charge in [0.15, 0.2) is 0 Å². The molecular weight excluding hydrogens is 296 g/mol. The van der Waals surface area contributed by atoms with Crippen LogP contribution in [0.5, 0.6) is 0 Å². The number of carbonyl (C=O) groups excluding carboxylic acids is 1. The molecule has 7 nitrogen and oxygen atoms in total. The number of ether oxygens (including phenoxy) is 2. The molecule has 0 radical (unpaired) electrons. The molecule has 0 amide bonds. The quantitative estimate of drug-likeness (QED) is 0.661. The van der Waals surface area contributed by atoms with Gasteiger partial charge >= 0.3 is 5.97 Å². The summed E-state index contributed by atoms with van der Waals surface area (Å²) in [5, 5.41) is 0. The van der Waals surface area contributed by atoms with E-state index in [1.54, 1.807) is 6.92 Å². The number of rotatable bonds is 6. The molecule has 2 fully saturated rings.